The minimum atomic E-state index is -0.684. The maximum atomic E-state index is 13.2. The predicted molar refractivity (Wildman–Crippen MR) is 124 cm³/mol. The highest BCUT2D eigenvalue weighted by molar-refractivity contribution is 6.33. The highest BCUT2D eigenvalue weighted by Gasteiger charge is 2.32. The molecule has 0 saturated heterocycles. The number of anilines is 1. The molecule has 174 valence electrons. The SMILES string of the molecule is Cn1ncc(Cl)c1-c1ccc(NC(=O)[C@@H](NC(=O)OC(C)(C)C)C2CCCCCC2)nc1. The van der Waals surface area contributed by atoms with Crippen LogP contribution in [-0.4, -0.2) is 38.4 Å². The number of carbonyl (C=O) groups is 2. The maximum Gasteiger partial charge on any atom is 0.408 e. The maximum absolute atomic E-state index is 13.2. The molecule has 2 aromatic heterocycles. The smallest absolute Gasteiger partial charge is 0.408 e. The Morgan fingerprint density at radius 2 is 1.84 bits per heavy atom. The zero-order valence-electron chi connectivity index (χ0n) is 19.2. The van der Waals surface area contributed by atoms with Gasteiger partial charge < -0.3 is 15.4 Å². The van der Waals surface area contributed by atoms with Crippen LogP contribution in [0.25, 0.3) is 11.3 Å². The average Bonchev–Trinajstić information content (AvgIpc) is 2.91. The summed E-state index contributed by atoms with van der Waals surface area (Å²) in [5.41, 5.74) is 0.902. The third-order valence-corrected chi connectivity index (χ3v) is 5.78. The predicted octanol–water partition coefficient (Wildman–Crippen LogP) is 4.94. The number of amides is 2. The number of nitrogens with zero attached hydrogens (tertiary/aromatic N) is 3. The Labute approximate surface area is 194 Å². The van der Waals surface area contributed by atoms with E-state index in [1.165, 1.54) is 0 Å². The van der Waals surface area contributed by atoms with Crippen LogP contribution in [-0.2, 0) is 16.6 Å². The van der Waals surface area contributed by atoms with Gasteiger partial charge in [0.05, 0.1) is 16.9 Å². The molecule has 3 rings (SSSR count). The summed E-state index contributed by atoms with van der Waals surface area (Å²) in [5.74, 6) is 0.167. The van der Waals surface area contributed by atoms with E-state index >= 15 is 0 Å². The summed E-state index contributed by atoms with van der Waals surface area (Å²) < 4.78 is 7.07. The molecule has 1 saturated carbocycles. The quantitative estimate of drug-likeness (QED) is 0.614. The van der Waals surface area contributed by atoms with Crippen molar-refractivity contribution >= 4 is 29.4 Å². The Bertz CT molecular complexity index is 909. The minimum absolute atomic E-state index is 0.0533. The molecule has 0 aliphatic heterocycles. The fourth-order valence-corrected chi connectivity index (χ4v) is 4.30. The zero-order chi connectivity index (χ0) is 23.3. The number of halogens is 1. The first-order chi connectivity index (χ1) is 15.1. The molecule has 1 aliphatic rings. The topological polar surface area (TPSA) is 98.1 Å². The molecule has 0 spiro atoms. The summed E-state index contributed by atoms with van der Waals surface area (Å²) in [4.78, 5) is 30.0. The van der Waals surface area contributed by atoms with Gasteiger partial charge in [0, 0.05) is 18.8 Å². The van der Waals surface area contributed by atoms with Crippen LogP contribution >= 0.6 is 11.6 Å². The minimum Gasteiger partial charge on any atom is -0.444 e. The zero-order valence-corrected chi connectivity index (χ0v) is 19.9. The van der Waals surface area contributed by atoms with Crippen LogP contribution in [0, 0.1) is 5.92 Å². The van der Waals surface area contributed by atoms with Crippen LogP contribution in [0.4, 0.5) is 10.6 Å². The summed E-state index contributed by atoms with van der Waals surface area (Å²) in [5, 5.41) is 10.3. The molecule has 1 atom stereocenters. The average molecular weight is 462 g/mol. The number of hydrogen-bond acceptors (Lipinski definition) is 5. The van der Waals surface area contributed by atoms with E-state index in [2.05, 4.69) is 20.7 Å². The van der Waals surface area contributed by atoms with Gasteiger partial charge in [0.2, 0.25) is 5.91 Å². The molecule has 2 N–H and O–H groups in total. The summed E-state index contributed by atoms with van der Waals surface area (Å²) in [6.45, 7) is 5.40. The van der Waals surface area contributed by atoms with Crippen LogP contribution in [0.5, 0.6) is 0 Å². The Morgan fingerprint density at radius 1 is 1.16 bits per heavy atom. The van der Waals surface area contributed by atoms with Crippen LogP contribution in [0.2, 0.25) is 5.02 Å². The molecule has 32 heavy (non-hydrogen) atoms. The fourth-order valence-electron chi connectivity index (χ4n) is 4.02. The van der Waals surface area contributed by atoms with E-state index in [0.717, 1.165) is 49.8 Å². The van der Waals surface area contributed by atoms with Crippen molar-refractivity contribution in [3.8, 4) is 11.3 Å². The van der Waals surface area contributed by atoms with Gasteiger partial charge in [-0.1, -0.05) is 37.3 Å². The van der Waals surface area contributed by atoms with E-state index in [1.807, 2.05) is 6.07 Å². The van der Waals surface area contributed by atoms with E-state index in [4.69, 9.17) is 16.3 Å². The van der Waals surface area contributed by atoms with Gasteiger partial charge in [0.25, 0.3) is 0 Å². The number of alkyl carbamates (subject to hydrolysis) is 1. The van der Waals surface area contributed by atoms with Crippen molar-refractivity contribution in [2.45, 2.75) is 70.9 Å². The van der Waals surface area contributed by atoms with Crippen molar-refractivity contribution in [3.63, 3.8) is 0 Å². The van der Waals surface area contributed by atoms with Gasteiger partial charge >= 0.3 is 6.09 Å². The molecule has 1 fully saturated rings. The highest BCUT2D eigenvalue weighted by atomic mass is 35.5. The lowest BCUT2D eigenvalue weighted by Gasteiger charge is -2.28. The summed E-state index contributed by atoms with van der Waals surface area (Å²) in [6.07, 6.45) is 8.79. The highest BCUT2D eigenvalue weighted by Crippen LogP contribution is 2.28. The van der Waals surface area contributed by atoms with Crippen LogP contribution in [0.1, 0.15) is 59.3 Å². The van der Waals surface area contributed by atoms with E-state index in [1.54, 1.807) is 51.0 Å². The molecule has 0 unspecified atom stereocenters. The molecule has 0 aromatic carbocycles. The molecule has 0 bridgehead atoms. The second-order valence-electron chi connectivity index (χ2n) is 9.26. The van der Waals surface area contributed by atoms with Gasteiger partial charge in [-0.05, 0) is 51.7 Å². The molecule has 9 heteroatoms. The molecular weight excluding hydrogens is 430 g/mol. The largest absolute Gasteiger partial charge is 0.444 e. The number of hydrogen-bond donors (Lipinski definition) is 2. The molecular formula is C23H32ClN5O3. The lowest BCUT2D eigenvalue weighted by molar-refractivity contribution is -0.119. The Kier molecular flexibility index (Phi) is 7.77. The molecule has 2 amide bonds. The molecule has 0 radical (unpaired) electrons. The number of rotatable bonds is 5. The first-order valence-corrected chi connectivity index (χ1v) is 11.5. The monoisotopic (exact) mass is 461 g/mol. The number of ether oxygens (including phenoxy) is 1. The van der Waals surface area contributed by atoms with Crippen LogP contribution < -0.4 is 10.6 Å². The number of carbonyl (C=O) groups excluding carboxylic acids is 2. The van der Waals surface area contributed by atoms with Crippen molar-refractivity contribution < 1.29 is 14.3 Å². The van der Waals surface area contributed by atoms with Gasteiger partial charge in [-0.25, -0.2) is 9.78 Å². The third kappa shape index (κ3) is 6.45. The van der Waals surface area contributed by atoms with Crippen molar-refractivity contribution in [1.82, 2.24) is 20.1 Å². The van der Waals surface area contributed by atoms with E-state index < -0.39 is 17.7 Å². The van der Waals surface area contributed by atoms with Crippen molar-refractivity contribution in [2.24, 2.45) is 13.0 Å². The normalized spacial score (nSPS) is 16.2. The summed E-state index contributed by atoms with van der Waals surface area (Å²) in [7, 11) is 1.80. The van der Waals surface area contributed by atoms with Gasteiger partial charge in [-0.2, -0.15) is 5.10 Å². The van der Waals surface area contributed by atoms with Crippen LogP contribution in [0.15, 0.2) is 24.5 Å². The molecule has 2 aromatic rings. The molecule has 8 nitrogen and oxygen atoms in total. The second-order valence-corrected chi connectivity index (χ2v) is 9.67. The standard InChI is InChI=1S/C23H32ClN5O3/c1-23(2,3)32-22(31)28-19(15-9-7-5-6-8-10-15)21(30)27-18-12-11-16(13-25-18)20-17(24)14-26-29(20)4/h11-15,19H,5-10H2,1-4H3,(H,28,31)(H,25,27,30)/t19-/m0/s1. The van der Waals surface area contributed by atoms with E-state index in [9.17, 15) is 9.59 Å². The molecule has 1 aliphatic carbocycles. The Morgan fingerprint density at radius 3 is 2.38 bits per heavy atom. The number of nitrogens with one attached hydrogen (secondary N) is 2. The lowest BCUT2D eigenvalue weighted by atomic mass is 9.91. The Hall–Kier alpha value is -2.61. The first-order valence-electron chi connectivity index (χ1n) is 11.1. The van der Waals surface area contributed by atoms with Gasteiger partial charge in [0.1, 0.15) is 17.5 Å². The van der Waals surface area contributed by atoms with Crippen molar-refractivity contribution in [2.75, 3.05) is 5.32 Å². The van der Waals surface area contributed by atoms with Crippen LogP contribution in [0.3, 0.4) is 0 Å². The third-order valence-electron chi connectivity index (χ3n) is 5.51. The lowest BCUT2D eigenvalue weighted by Crippen LogP contribution is -2.50. The van der Waals surface area contributed by atoms with Gasteiger partial charge in [-0.3, -0.25) is 9.48 Å². The van der Waals surface area contributed by atoms with Gasteiger partial charge in [0.15, 0.2) is 0 Å². The van der Waals surface area contributed by atoms with Crippen molar-refractivity contribution in [3.05, 3.63) is 29.5 Å². The van der Waals surface area contributed by atoms with E-state index in [-0.39, 0.29) is 11.8 Å². The van der Waals surface area contributed by atoms with Crippen molar-refractivity contribution in [1.29, 1.82) is 0 Å². The first kappa shape index (κ1) is 24.0. The second kappa shape index (κ2) is 10.3. The molecule has 2 heterocycles. The fraction of sp³-hybridized carbons (Fsp3) is 0.565. The summed E-state index contributed by atoms with van der Waals surface area (Å²) in [6, 6.07) is 2.86. The number of aromatic nitrogens is 3. The number of aryl methyl sites for hydroxylation is 1. The summed E-state index contributed by atoms with van der Waals surface area (Å²) >= 11 is 6.21. The van der Waals surface area contributed by atoms with E-state index in [0.29, 0.717) is 10.8 Å². The van der Waals surface area contributed by atoms with Gasteiger partial charge in [-0.15, -0.1) is 0 Å². The number of pyridine rings is 1. The Balaban J connectivity index is 1.74.